The normalized spacial score (nSPS) is 17.5. The molecule has 1 fully saturated rings. The average molecular weight is 433 g/mol. The Morgan fingerprint density at radius 1 is 1.45 bits per heavy atom. The van der Waals surface area contributed by atoms with Crippen LogP contribution in [0.3, 0.4) is 0 Å². The molecule has 0 amide bonds. The van der Waals surface area contributed by atoms with Crippen LogP contribution in [0.4, 0.5) is 17.5 Å². The number of benzene rings is 1. The summed E-state index contributed by atoms with van der Waals surface area (Å²) >= 11 is 8.34. The largest absolute Gasteiger partial charge is 0.486 e. The van der Waals surface area contributed by atoms with E-state index in [9.17, 15) is 0 Å². The summed E-state index contributed by atoms with van der Waals surface area (Å²) in [5.74, 6) is 1.33. The number of anilines is 3. The molecule has 0 aliphatic carbocycles. The van der Waals surface area contributed by atoms with Crippen LogP contribution in [0.15, 0.2) is 24.4 Å². The summed E-state index contributed by atoms with van der Waals surface area (Å²) in [6.07, 6.45) is 2.41. The molecule has 0 bridgehead atoms. The highest BCUT2D eigenvalue weighted by Crippen LogP contribution is 2.32. The van der Waals surface area contributed by atoms with Crippen molar-refractivity contribution in [1.82, 2.24) is 9.97 Å². The van der Waals surface area contributed by atoms with Crippen LogP contribution in [0.2, 0.25) is 5.02 Å². The van der Waals surface area contributed by atoms with E-state index < -0.39 is 0 Å². The third-order valence-corrected chi connectivity index (χ3v) is 4.09. The van der Waals surface area contributed by atoms with E-state index in [4.69, 9.17) is 26.8 Å². The molecule has 2 aromatic rings. The van der Waals surface area contributed by atoms with Crippen LogP contribution in [0.25, 0.3) is 0 Å². The summed E-state index contributed by atoms with van der Waals surface area (Å²) in [5.41, 5.74) is 6.39. The maximum atomic E-state index is 6.10. The van der Waals surface area contributed by atoms with Crippen LogP contribution >= 0.6 is 34.2 Å². The summed E-state index contributed by atoms with van der Waals surface area (Å²) in [6.45, 7) is 1.33. The van der Waals surface area contributed by atoms with Gasteiger partial charge in [-0.1, -0.05) is 11.6 Å². The molecule has 0 unspecified atom stereocenters. The Hall–Kier alpha value is -1.32. The first-order valence-electron chi connectivity index (χ1n) is 6.71. The van der Waals surface area contributed by atoms with E-state index in [1.165, 1.54) is 6.20 Å². The van der Waals surface area contributed by atoms with Gasteiger partial charge in [-0.3, -0.25) is 0 Å². The lowest BCUT2D eigenvalue weighted by molar-refractivity contribution is 0.142. The van der Waals surface area contributed by atoms with Crippen LogP contribution in [-0.4, -0.2) is 29.3 Å². The van der Waals surface area contributed by atoms with E-state index in [1.807, 2.05) is 18.2 Å². The molecule has 0 radical (unpaired) electrons. The van der Waals surface area contributed by atoms with Gasteiger partial charge in [-0.15, -0.1) is 0 Å². The number of nitrogens with two attached hydrogens (primary N) is 1. The molecule has 3 rings (SSSR count). The Kier molecular flexibility index (Phi) is 4.84. The number of rotatable bonds is 4. The fourth-order valence-electron chi connectivity index (χ4n) is 2.08. The first kappa shape index (κ1) is 15.6. The Labute approximate surface area is 146 Å². The van der Waals surface area contributed by atoms with Gasteiger partial charge in [0.1, 0.15) is 16.9 Å². The van der Waals surface area contributed by atoms with E-state index in [0.717, 1.165) is 28.0 Å². The zero-order valence-electron chi connectivity index (χ0n) is 11.6. The molecule has 1 saturated heterocycles. The Morgan fingerprint density at radius 3 is 3.09 bits per heavy atom. The van der Waals surface area contributed by atoms with Crippen molar-refractivity contribution in [2.75, 3.05) is 24.3 Å². The third-order valence-electron chi connectivity index (χ3n) is 3.14. The second kappa shape index (κ2) is 6.84. The fourth-order valence-corrected chi connectivity index (χ4v) is 2.71. The molecule has 3 N–H and O–H groups in total. The summed E-state index contributed by atoms with van der Waals surface area (Å²) in [4.78, 5) is 7.96. The summed E-state index contributed by atoms with van der Waals surface area (Å²) in [7, 11) is 0. The van der Waals surface area contributed by atoms with Crippen LogP contribution in [0, 0.1) is 3.57 Å². The zero-order chi connectivity index (χ0) is 15.5. The van der Waals surface area contributed by atoms with Gasteiger partial charge in [0, 0.05) is 9.99 Å². The van der Waals surface area contributed by atoms with Gasteiger partial charge in [-0.25, -0.2) is 4.98 Å². The van der Waals surface area contributed by atoms with Gasteiger partial charge >= 0.3 is 0 Å². The summed E-state index contributed by atoms with van der Waals surface area (Å²) < 4.78 is 12.4. The fraction of sp³-hybridized carbons (Fsp3) is 0.286. The van der Waals surface area contributed by atoms with Gasteiger partial charge in [-0.05, 0) is 40.8 Å². The van der Waals surface area contributed by atoms with Crippen molar-refractivity contribution in [3.8, 4) is 5.75 Å². The maximum Gasteiger partial charge on any atom is 0.222 e. The molecule has 1 aliphatic heterocycles. The smallest absolute Gasteiger partial charge is 0.222 e. The number of nitrogen functional groups attached to an aromatic ring is 1. The zero-order valence-corrected chi connectivity index (χ0v) is 14.5. The van der Waals surface area contributed by atoms with Crippen LogP contribution in [0.1, 0.15) is 6.42 Å². The molecular weight excluding hydrogens is 419 g/mol. The van der Waals surface area contributed by atoms with Gasteiger partial charge in [0.2, 0.25) is 5.95 Å². The molecule has 1 aromatic carbocycles. The highest BCUT2D eigenvalue weighted by atomic mass is 127. The molecule has 116 valence electrons. The molecule has 0 saturated carbocycles. The Balaban J connectivity index is 1.87. The highest BCUT2D eigenvalue weighted by molar-refractivity contribution is 14.1. The van der Waals surface area contributed by atoms with Gasteiger partial charge in [0.05, 0.1) is 25.1 Å². The molecule has 2 heterocycles. The first-order chi connectivity index (χ1) is 10.6. The van der Waals surface area contributed by atoms with E-state index in [-0.39, 0.29) is 12.1 Å². The first-order valence-corrected chi connectivity index (χ1v) is 8.16. The summed E-state index contributed by atoms with van der Waals surface area (Å²) in [5, 5.41) is 3.55. The lowest BCUT2D eigenvalue weighted by atomic mass is 10.2. The van der Waals surface area contributed by atoms with Crippen molar-refractivity contribution in [3.63, 3.8) is 0 Å². The minimum Gasteiger partial charge on any atom is -0.486 e. The molecule has 8 heteroatoms. The van der Waals surface area contributed by atoms with Crippen molar-refractivity contribution in [2.24, 2.45) is 0 Å². The summed E-state index contributed by atoms with van der Waals surface area (Å²) in [6, 6.07) is 5.86. The number of hydrogen-bond donors (Lipinski definition) is 2. The van der Waals surface area contributed by atoms with Gasteiger partial charge < -0.3 is 20.5 Å². The van der Waals surface area contributed by atoms with E-state index >= 15 is 0 Å². The number of hydrogen-bond acceptors (Lipinski definition) is 6. The van der Waals surface area contributed by atoms with Crippen molar-refractivity contribution in [3.05, 3.63) is 33.0 Å². The SMILES string of the molecule is Nc1ncc(Cl)c(Nc2cc(I)ccc2O[C@H]2CCOC2)n1. The van der Waals surface area contributed by atoms with Crippen molar-refractivity contribution >= 4 is 51.6 Å². The van der Waals surface area contributed by atoms with Gasteiger partial charge in [0.15, 0.2) is 5.82 Å². The lowest BCUT2D eigenvalue weighted by Gasteiger charge is -2.17. The predicted molar refractivity (Wildman–Crippen MR) is 93.7 cm³/mol. The third kappa shape index (κ3) is 3.71. The predicted octanol–water partition coefficient (Wildman–Crippen LogP) is 3.23. The highest BCUT2D eigenvalue weighted by Gasteiger charge is 2.19. The number of halogens is 2. The van der Waals surface area contributed by atoms with E-state index in [0.29, 0.717) is 17.4 Å². The molecule has 1 aromatic heterocycles. The van der Waals surface area contributed by atoms with Crippen molar-refractivity contribution < 1.29 is 9.47 Å². The number of nitrogens with zero attached hydrogens (tertiary/aromatic N) is 2. The van der Waals surface area contributed by atoms with Gasteiger partial charge in [0.25, 0.3) is 0 Å². The molecule has 22 heavy (non-hydrogen) atoms. The van der Waals surface area contributed by atoms with E-state index in [2.05, 4.69) is 37.9 Å². The minimum atomic E-state index is 0.0616. The quantitative estimate of drug-likeness (QED) is 0.722. The minimum absolute atomic E-state index is 0.0616. The van der Waals surface area contributed by atoms with E-state index in [1.54, 1.807) is 0 Å². The molecule has 1 aliphatic rings. The molecule has 0 spiro atoms. The number of aromatic nitrogens is 2. The monoisotopic (exact) mass is 432 g/mol. The number of ether oxygens (including phenoxy) is 2. The number of nitrogens with one attached hydrogen (secondary N) is 1. The lowest BCUT2D eigenvalue weighted by Crippen LogP contribution is -2.16. The molecular formula is C14H14ClIN4O2. The standard InChI is InChI=1S/C14H14ClIN4O2/c15-10-6-18-14(17)20-13(10)19-11-5-8(16)1-2-12(11)22-9-3-4-21-7-9/h1-2,5-6,9H,3-4,7H2,(H3,17,18,19,20)/t9-/m0/s1. The second-order valence-electron chi connectivity index (χ2n) is 4.79. The van der Waals surface area contributed by atoms with Gasteiger partial charge in [-0.2, -0.15) is 4.98 Å². The van der Waals surface area contributed by atoms with Crippen LogP contribution in [-0.2, 0) is 4.74 Å². The van der Waals surface area contributed by atoms with Crippen LogP contribution in [0.5, 0.6) is 5.75 Å². The van der Waals surface area contributed by atoms with Crippen molar-refractivity contribution in [2.45, 2.75) is 12.5 Å². The Morgan fingerprint density at radius 2 is 2.32 bits per heavy atom. The topological polar surface area (TPSA) is 82.3 Å². The van der Waals surface area contributed by atoms with Crippen molar-refractivity contribution in [1.29, 1.82) is 0 Å². The molecule has 6 nitrogen and oxygen atoms in total. The maximum absolute atomic E-state index is 6.10. The molecule has 1 atom stereocenters. The van der Waals surface area contributed by atoms with Crippen LogP contribution < -0.4 is 15.8 Å². The second-order valence-corrected chi connectivity index (χ2v) is 6.45. The average Bonchev–Trinajstić information content (AvgIpc) is 2.99. The Bertz CT molecular complexity index is 680.